The van der Waals surface area contributed by atoms with Crippen molar-refractivity contribution in [1.29, 1.82) is 0 Å². The molecule has 0 spiro atoms. The minimum absolute atomic E-state index is 0.0277. The van der Waals surface area contributed by atoms with Crippen molar-refractivity contribution in [2.75, 3.05) is 0 Å². The molecule has 0 saturated heterocycles. The lowest BCUT2D eigenvalue weighted by molar-refractivity contribution is -0.385. The first kappa shape index (κ1) is 17.1. The summed E-state index contributed by atoms with van der Waals surface area (Å²) in [6.07, 6.45) is 0. The number of carbonyl (C=O) groups excluding carboxylic acids is 1. The smallest absolute Gasteiger partial charge is 0.353 e. The van der Waals surface area contributed by atoms with Gasteiger partial charge in [0.1, 0.15) is 11.3 Å². The van der Waals surface area contributed by atoms with Crippen molar-refractivity contribution in [2.45, 2.75) is 58.6 Å². The highest BCUT2D eigenvalue weighted by Crippen LogP contribution is 2.40. The van der Waals surface area contributed by atoms with Crippen LogP contribution in [-0.2, 0) is 15.1 Å². The van der Waals surface area contributed by atoms with Crippen molar-refractivity contribution >= 4 is 17.4 Å². The van der Waals surface area contributed by atoms with E-state index in [0.29, 0.717) is 5.71 Å². The highest BCUT2D eigenvalue weighted by Gasteiger charge is 2.37. The fourth-order valence-electron chi connectivity index (χ4n) is 2.72. The van der Waals surface area contributed by atoms with Gasteiger partial charge in [0.05, 0.1) is 10.5 Å². The number of ether oxygens (including phenoxy) is 1. The van der Waals surface area contributed by atoms with Gasteiger partial charge in [0.25, 0.3) is 5.69 Å². The molecule has 1 unspecified atom stereocenters. The van der Waals surface area contributed by atoms with Crippen LogP contribution in [0.5, 0.6) is 0 Å². The number of non-ortho nitro benzene ring substituents is 1. The van der Waals surface area contributed by atoms with E-state index in [4.69, 9.17) is 4.74 Å². The molecule has 1 aliphatic heterocycles. The molecule has 1 heterocycles. The molecule has 0 aliphatic carbocycles. The summed E-state index contributed by atoms with van der Waals surface area (Å²) >= 11 is 0. The summed E-state index contributed by atoms with van der Waals surface area (Å²) in [4.78, 5) is 27.6. The molecule has 2 rings (SSSR count). The second kappa shape index (κ2) is 5.44. The van der Waals surface area contributed by atoms with Crippen molar-refractivity contribution in [3.05, 3.63) is 39.4 Å². The number of nitrogens with zero attached hydrogens (tertiary/aromatic N) is 2. The van der Waals surface area contributed by atoms with Crippen LogP contribution in [0.25, 0.3) is 0 Å². The quantitative estimate of drug-likeness (QED) is 0.472. The average Bonchev–Trinajstić information content (AvgIpc) is 2.40. The highest BCUT2D eigenvalue weighted by molar-refractivity contribution is 6.39. The van der Waals surface area contributed by atoms with Crippen LogP contribution < -0.4 is 0 Å². The van der Waals surface area contributed by atoms with Gasteiger partial charge in [-0.25, -0.2) is 4.79 Å². The fourth-order valence-corrected chi connectivity index (χ4v) is 2.72. The number of rotatable bonds is 2. The van der Waals surface area contributed by atoms with E-state index in [9.17, 15) is 14.9 Å². The topological polar surface area (TPSA) is 81.8 Å². The highest BCUT2D eigenvalue weighted by atomic mass is 16.6. The van der Waals surface area contributed by atoms with Crippen LogP contribution in [0.2, 0.25) is 0 Å². The van der Waals surface area contributed by atoms with Crippen LogP contribution in [0.1, 0.15) is 58.6 Å². The molecule has 0 amide bonds. The molecular formula is C17H22N2O4. The third-order valence-corrected chi connectivity index (χ3v) is 3.79. The minimum Gasteiger partial charge on any atom is -0.455 e. The van der Waals surface area contributed by atoms with Gasteiger partial charge in [-0.3, -0.25) is 15.1 Å². The maximum Gasteiger partial charge on any atom is 0.353 e. The molecule has 0 saturated carbocycles. The lowest BCUT2D eigenvalue weighted by Crippen LogP contribution is -2.37. The number of benzene rings is 1. The Balaban J connectivity index is 2.49. The van der Waals surface area contributed by atoms with Gasteiger partial charge in [-0.1, -0.05) is 13.0 Å². The zero-order valence-electron chi connectivity index (χ0n) is 14.3. The number of fused-ring (bicyclic) bond motifs is 1. The predicted molar refractivity (Wildman–Crippen MR) is 87.8 cm³/mol. The van der Waals surface area contributed by atoms with Crippen molar-refractivity contribution < 1.29 is 14.5 Å². The van der Waals surface area contributed by atoms with E-state index in [1.54, 1.807) is 32.9 Å². The Morgan fingerprint density at radius 1 is 1.35 bits per heavy atom. The summed E-state index contributed by atoms with van der Waals surface area (Å²) in [6, 6.07) is 4.71. The SMILES string of the molecule is CC1C(C(=O)OC(C)(C)C)=NC(C)(C)c2cc([N+](=O)[O-])ccc21. The van der Waals surface area contributed by atoms with Crippen LogP contribution in [-0.4, -0.2) is 22.2 Å². The summed E-state index contributed by atoms with van der Waals surface area (Å²) in [6.45, 7) is 11.0. The molecule has 1 aromatic rings. The van der Waals surface area contributed by atoms with E-state index in [1.165, 1.54) is 6.07 Å². The van der Waals surface area contributed by atoms with Gasteiger partial charge in [-0.15, -0.1) is 0 Å². The normalized spacial score (nSPS) is 19.6. The van der Waals surface area contributed by atoms with E-state index in [2.05, 4.69) is 4.99 Å². The number of carbonyl (C=O) groups is 1. The number of hydrogen-bond donors (Lipinski definition) is 0. The zero-order valence-corrected chi connectivity index (χ0v) is 14.3. The summed E-state index contributed by atoms with van der Waals surface area (Å²) in [5, 5.41) is 11.0. The Morgan fingerprint density at radius 2 is 1.96 bits per heavy atom. The van der Waals surface area contributed by atoms with Gasteiger partial charge < -0.3 is 4.74 Å². The lowest BCUT2D eigenvalue weighted by Gasteiger charge is -2.33. The predicted octanol–water partition coefficient (Wildman–Crippen LogP) is 3.73. The van der Waals surface area contributed by atoms with Gasteiger partial charge in [0.2, 0.25) is 0 Å². The number of nitro groups is 1. The lowest BCUT2D eigenvalue weighted by atomic mass is 9.79. The largest absolute Gasteiger partial charge is 0.455 e. The van der Waals surface area contributed by atoms with Crippen LogP contribution in [0.3, 0.4) is 0 Å². The summed E-state index contributed by atoms with van der Waals surface area (Å²) in [5.41, 5.74) is 0.702. The van der Waals surface area contributed by atoms with Gasteiger partial charge in [-0.2, -0.15) is 0 Å². The number of hydrogen-bond acceptors (Lipinski definition) is 5. The molecule has 1 atom stereocenters. The second-order valence-corrected chi connectivity index (χ2v) is 7.31. The third-order valence-electron chi connectivity index (χ3n) is 3.79. The molecule has 6 heteroatoms. The van der Waals surface area contributed by atoms with Crippen LogP contribution in [0.15, 0.2) is 23.2 Å². The summed E-state index contributed by atoms with van der Waals surface area (Å²) < 4.78 is 5.44. The van der Waals surface area contributed by atoms with E-state index in [0.717, 1.165) is 11.1 Å². The molecule has 23 heavy (non-hydrogen) atoms. The standard InChI is InChI=1S/C17H22N2O4/c1-10-12-8-7-11(19(21)22)9-13(12)17(5,6)18-14(10)15(20)23-16(2,3)4/h7-10H,1-6H3. The van der Waals surface area contributed by atoms with Crippen molar-refractivity contribution in [2.24, 2.45) is 4.99 Å². The first-order chi connectivity index (χ1) is 10.4. The first-order valence-electron chi connectivity index (χ1n) is 7.54. The number of aliphatic imine (C=N–C) groups is 1. The van der Waals surface area contributed by atoms with E-state index >= 15 is 0 Å². The van der Waals surface area contributed by atoms with Crippen molar-refractivity contribution in [3.8, 4) is 0 Å². The van der Waals surface area contributed by atoms with Gasteiger partial charge in [0.15, 0.2) is 0 Å². The number of esters is 1. The molecule has 0 fully saturated rings. The Labute approximate surface area is 135 Å². The van der Waals surface area contributed by atoms with Gasteiger partial charge in [0, 0.05) is 18.1 Å². The van der Waals surface area contributed by atoms with Crippen molar-refractivity contribution in [1.82, 2.24) is 0 Å². The number of nitro benzene ring substituents is 1. The molecule has 124 valence electrons. The molecular weight excluding hydrogens is 296 g/mol. The molecule has 0 radical (unpaired) electrons. The molecule has 1 aromatic carbocycles. The van der Waals surface area contributed by atoms with Gasteiger partial charge >= 0.3 is 5.97 Å². The molecule has 0 bridgehead atoms. The second-order valence-electron chi connectivity index (χ2n) is 7.31. The van der Waals surface area contributed by atoms with Crippen LogP contribution in [0.4, 0.5) is 5.69 Å². The summed E-state index contributed by atoms with van der Waals surface area (Å²) in [5.74, 6) is -0.712. The zero-order chi connectivity index (χ0) is 17.6. The third kappa shape index (κ3) is 3.41. The monoisotopic (exact) mass is 318 g/mol. The maximum absolute atomic E-state index is 12.4. The van der Waals surface area contributed by atoms with E-state index in [-0.39, 0.29) is 11.6 Å². The van der Waals surface area contributed by atoms with Crippen LogP contribution in [0, 0.1) is 10.1 Å². The molecule has 6 nitrogen and oxygen atoms in total. The van der Waals surface area contributed by atoms with E-state index in [1.807, 2.05) is 20.8 Å². The summed E-state index contributed by atoms with van der Waals surface area (Å²) in [7, 11) is 0. The fraction of sp³-hybridized carbons (Fsp3) is 0.529. The van der Waals surface area contributed by atoms with Crippen LogP contribution >= 0.6 is 0 Å². The Morgan fingerprint density at radius 3 is 2.48 bits per heavy atom. The van der Waals surface area contributed by atoms with Crippen molar-refractivity contribution in [3.63, 3.8) is 0 Å². The van der Waals surface area contributed by atoms with E-state index < -0.39 is 22.0 Å². The maximum atomic E-state index is 12.4. The molecule has 0 aromatic heterocycles. The van der Waals surface area contributed by atoms with Gasteiger partial charge in [-0.05, 0) is 45.7 Å². The Bertz CT molecular complexity index is 699. The Kier molecular flexibility index (Phi) is 4.05. The molecule has 0 N–H and O–H groups in total. The average molecular weight is 318 g/mol. The first-order valence-corrected chi connectivity index (χ1v) is 7.54. The Hall–Kier alpha value is -2.24. The minimum atomic E-state index is -0.722. The molecule has 1 aliphatic rings.